The smallest absolute Gasteiger partial charge is 0.252 e. The molecule has 180 valence electrons. The van der Waals surface area contributed by atoms with Crippen molar-refractivity contribution in [3.63, 3.8) is 0 Å². The second-order valence-corrected chi connectivity index (χ2v) is 8.50. The van der Waals surface area contributed by atoms with Crippen molar-refractivity contribution in [2.24, 2.45) is 0 Å². The molecule has 0 aliphatic carbocycles. The lowest BCUT2D eigenvalue weighted by Crippen LogP contribution is -2.43. The lowest BCUT2D eigenvalue weighted by atomic mass is 10.1. The number of nitrogens with two attached hydrogens (primary N) is 1. The number of aromatic nitrogens is 5. The first-order chi connectivity index (χ1) is 16.9. The van der Waals surface area contributed by atoms with Crippen LogP contribution in [-0.4, -0.2) is 67.3 Å². The number of amides is 1. The van der Waals surface area contributed by atoms with Crippen LogP contribution in [0.25, 0.3) is 11.2 Å². The molecule has 5 heterocycles. The van der Waals surface area contributed by atoms with Crippen LogP contribution >= 0.6 is 0 Å². The highest BCUT2D eigenvalue weighted by Crippen LogP contribution is 2.43. The molecule has 3 aromatic rings. The van der Waals surface area contributed by atoms with Gasteiger partial charge in [0, 0.05) is 13.0 Å². The van der Waals surface area contributed by atoms with Crippen LogP contribution in [0.15, 0.2) is 30.9 Å². The number of fused-ring (bicyclic) bond motifs is 2. The third kappa shape index (κ3) is 4.44. The van der Waals surface area contributed by atoms with Crippen molar-refractivity contribution >= 4 is 29.2 Å². The number of nitrogens with one attached hydrogen (secondary N) is 1. The fourth-order valence-electron chi connectivity index (χ4n) is 4.16. The Hall–Kier alpha value is -3.92. The Bertz CT molecular complexity index is 1340. The van der Waals surface area contributed by atoms with E-state index in [4.69, 9.17) is 19.9 Å². The summed E-state index contributed by atoms with van der Waals surface area (Å²) in [5.41, 5.74) is 7.61. The quantitative estimate of drug-likeness (QED) is 0.303. The van der Waals surface area contributed by atoms with Crippen LogP contribution in [0, 0.1) is 11.8 Å². The molecule has 0 spiro atoms. The number of anilines is 1. The summed E-state index contributed by atoms with van der Waals surface area (Å²) >= 11 is 0. The summed E-state index contributed by atoms with van der Waals surface area (Å²) in [6.07, 6.45) is 1.12. The molecule has 0 radical (unpaired) electrons. The van der Waals surface area contributed by atoms with Crippen LogP contribution in [0.2, 0.25) is 0 Å². The van der Waals surface area contributed by atoms with E-state index in [9.17, 15) is 9.59 Å². The zero-order valence-electron chi connectivity index (χ0n) is 19.0. The first-order valence-electron chi connectivity index (χ1n) is 11.0. The molecule has 4 atom stereocenters. The lowest BCUT2D eigenvalue weighted by molar-refractivity contribution is -0.197. The maximum Gasteiger partial charge on any atom is 0.252 e. The molecule has 2 saturated heterocycles. The van der Waals surface area contributed by atoms with Gasteiger partial charge in [0.2, 0.25) is 0 Å². The number of hydrogen-bond acceptors (Lipinski definition) is 10. The van der Waals surface area contributed by atoms with Crippen molar-refractivity contribution in [3.8, 4) is 11.8 Å². The normalized spacial score (nSPS) is 24.5. The number of aldehydes is 1. The van der Waals surface area contributed by atoms with Crippen LogP contribution in [0.4, 0.5) is 5.82 Å². The highest BCUT2D eigenvalue weighted by molar-refractivity contribution is 5.83. The number of rotatable bonds is 5. The summed E-state index contributed by atoms with van der Waals surface area (Å²) in [5, 5.41) is 2.84. The van der Waals surface area contributed by atoms with Gasteiger partial charge in [-0.2, -0.15) is 0 Å². The van der Waals surface area contributed by atoms with Crippen LogP contribution in [-0.2, 0) is 19.0 Å². The van der Waals surface area contributed by atoms with E-state index < -0.39 is 30.3 Å². The van der Waals surface area contributed by atoms with Gasteiger partial charge >= 0.3 is 0 Å². The van der Waals surface area contributed by atoms with Gasteiger partial charge < -0.3 is 25.3 Å². The number of nitrogen functional groups attached to an aromatic ring is 1. The van der Waals surface area contributed by atoms with Crippen molar-refractivity contribution in [1.82, 2.24) is 29.8 Å². The molecule has 5 rings (SSSR count). The molecule has 35 heavy (non-hydrogen) atoms. The zero-order valence-corrected chi connectivity index (χ0v) is 19.0. The van der Waals surface area contributed by atoms with Gasteiger partial charge in [0.15, 0.2) is 35.9 Å². The monoisotopic (exact) mass is 477 g/mol. The summed E-state index contributed by atoms with van der Waals surface area (Å²) < 4.78 is 19.9. The minimum atomic E-state index is -0.915. The van der Waals surface area contributed by atoms with E-state index >= 15 is 0 Å². The Kier molecular flexibility index (Phi) is 5.89. The predicted octanol–water partition coefficient (Wildman–Crippen LogP) is 0.592. The minimum Gasteiger partial charge on any atom is -0.382 e. The van der Waals surface area contributed by atoms with E-state index in [0.29, 0.717) is 41.8 Å². The van der Waals surface area contributed by atoms with Crippen molar-refractivity contribution in [3.05, 3.63) is 42.2 Å². The number of carbonyl (C=O) groups excluding carboxylic acids is 2. The highest BCUT2D eigenvalue weighted by Gasteiger charge is 2.58. The van der Waals surface area contributed by atoms with E-state index in [0.717, 1.165) is 0 Å². The van der Waals surface area contributed by atoms with Gasteiger partial charge in [-0.25, -0.2) is 19.9 Å². The second-order valence-electron chi connectivity index (χ2n) is 8.50. The summed E-state index contributed by atoms with van der Waals surface area (Å²) in [6.45, 7) is 3.86. The molecule has 2 aliphatic rings. The topological polar surface area (TPSA) is 156 Å². The largest absolute Gasteiger partial charge is 0.382 e. The molecule has 1 amide bonds. The molecule has 0 saturated carbocycles. The number of carbonyl (C=O) groups is 2. The molecular weight excluding hydrogens is 454 g/mol. The average molecular weight is 477 g/mol. The molecule has 3 aromatic heterocycles. The minimum absolute atomic E-state index is 0.246. The molecular formula is C23H23N7O5. The Morgan fingerprint density at radius 2 is 2.09 bits per heavy atom. The van der Waals surface area contributed by atoms with Crippen molar-refractivity contribution < 1.29 is 23.8 Å². The van der Waals surface area contributed by atoms with Gasteiger partial charge in [0.05, 0.1) is 6.33 Å². The van der Waals surface area contributed by atoms with Crippen LogP contribution in [0.1, 0.15) is 42.7 Å². The molecule has 12 nitrogen and oxygen atoms in total. The number of ether oxygens (including phenoxy) is 3. The molecule has 0 bridgehead atoms. The van der Waals surface area contributed by atoms with Crippen LogP contribution in [0.5, 0.6) is 0 Å². The second kappa shape index (κ2) is 9.03. The van der Waals surface area contributed by atoms with Crippen molar-refractivity contribution in [2.45, 2.75) is 50.6 Å². The Balaban J connectivity index is 1.28. The first kappa shape index (κ1) is 22.9. The van der Waals surface area contributed by atoms with Gasteiger partial charge in [-0.05, 0) is 31.9 Å². The Morgan fingerprint density at radius 1 is 1.26 bits per heavy atom. The van der Waals surface area contributed by atoms with Gasteiger partial charge in [-0.15, -0.1) is 0 Å². The SMILES string of the molecule is CC1(C)O[C@@H]2[C@@H](C(=O)NCCC#Cc3cccc(C=O)n3)OC(n3cnc4c(N)ncnc43)[C@@H]2O1. The number of pyridine rings is 1. The van der Waals surface area contributed by atoms with Gasteiger partial charge in [-0.1, -0.05) is 12.0 Å². The fraction of sp³-hybridized carbons (Fsp3) is 0.391. The molecule has 3 N–H and O–H groups in total. The van der Waals surface area contributed by atoms with Gasteiger partial charge in [-0.3, -0.25) is 14.2 Å². The Labute approximate surface area is 200 Å². The van der Waals surface area contributed by atoms with E-state index in [2.05, 4.69) is 37.1 Å². The standard InChI is InChI=1S/C23H23N7O5/c1-23(2)34-16-17(21(32)25-9-4-3-6-13-7-5-8-14(10-31)29-13)33-22(18(16)35-23)30-12-28-15-19(24)26-11-27-20(15)30/h5,7-8,10-12,16-18,22H,4,9H2,1-2H3,(H,25,32)(H2,24,26,27)/t16-,17+,18-,22?/m1/s1. The summed E-state index contributed by atoms with van der Waals surface area (Å²) in [6, 6.07) is 5.02. The lowest BCUT2D eigenvalue weighted by Gasteiger charge is -2.24. The molecule has 12 heteroatoms. The Morgan fingerprint density at radius 3 is 2.91 bits per heavy atom. The van der Waals surface area contributed by atoms with Crippen LogP contribution < -0.4 is 11.1 Å². The average Bonchev–Trinajstić information content (AvgIpc) is 3.50. The highest BCUT2D eigenvalue weighted by atomic mass is 16.8. The fourth-order valence-corrected chi connectivity index (χ4v) is 4.16. The van der Waals surface area contributed by atoms with Crippen LogP contribution in [0.3, 0.4) is 0 Å². The summed E-state index contributed by atoms with van der Waals surface area (Å²) in [5.74, 6) is 4.82. The predicted molar refractivity (Wildman–Crippen MR) is 122 cm³/mol. The number of imidazole rings is 1. The van der Waals surface area contributed by atoms with E-state index in [-0.39, 0.29) is 11.7 Å². The van der Waals surface area contributed by atoms with Crippen molar-refractivity contribution in [1.29, 1.82) is 0 Å². The third-order valence-corrected chi connectivity index (χ3v) is 5.61. The molecule has 2 fully saturated rings. The number of nitrogens with zero attached hydrogens (tertiary/aromatic N) is 5. The van der Waals surface area contributed by atoms with Gasteiger partial charge in [0.1, 0.15) is 35.4 Å². The third-order valence-electron chi connectivity index (χ3n) is 5.61. The first-order valence-corrected chi connectivity index (χ1v) is 11.0. The summed E-state index contributed by atoms with van der Waals surface area (Å²) in [7, 11) is 0. The molecule has 2 aliphatic heterocycles. The van der Waals surface area contributed by atoms with E-state index in [1.807, 2.05) is 0 Å². The maximum absolute atomic E-state index is 13.0. The zero-order chi connectivity index (χ0) is 24.6. The summed E-state index contributed by atoms with van der Waals surface area (Å²) in [4.78, 5) is 40.4. The van der Waals surface area contributed by atoms with Gasteiger partial charge in [0.25, 0.3) is 5.91 Å². The van der Waals surface area contributed by atoms with E-state index in [1.54, 1.807) is 36.6 Å². The van der Waals surface area contributed by atoms with Crippen molar-refractivity contribution in [2.75, 3.05) is 12.3 Å². The molecule has 1 unspecified atom stereocenters. The molecule has 0 aromatic carbocycles. The number of hydrogen-bond donors (Lipinski definition) is 2. The van der Waals surface area contributed by atoms with E-state index in [1.165, 1.54) is 12.7 Å². The maximum atomic E-state index is 13.0.